The Morgan fingerprint density at radius 1 is 1.24 bits per heavy atom. The van der Waals surface area contributed by atoms with E-state index in [0.717, 1.165) is 16.7 Å². The van der Waals surface area contributed by atoms with Gasteiger partial charge in [0.2, 0.25) is 0 Å². The summed E-state index contributed by atoms with van der Waals surface area (Å²) in [6.45, 7) is 1.94. The predicted octanol–water partition coefficient (Wildman–Crippen LogP) is 3.01. The number of hydrogen-bond acceptors (Lipinski definition) is 2. The molecule has 0 aliphatic carbocycles. The number of aromatic carboxylic acids is 1. The second-order valence-electron chi connectivity index (χ2n) is 3.71. The van der Waals surface area contributed by atoms with Crippen molar-refractivity contribution in [2.24, 2.45) is 0 Å². The van der Waals surface area contributed by atoms with E-state index in [1.807, 2.05) is 43.3 Å². The lowest BCUT2D eigenvalue weighted by Crippen LogP contribution is -2.06. The molecule has 0 bridgehead atoms. The molecule has 86 valence electrons. The van der Waals surface area contributed by atoms with Gasteiger partial charge in [-0.05, 0) is 29.2 Å². The van der Waals surface area contributed by atoms with E-state index in [2.05, 4.69) is 4.98 Å². The van der Waals surface area contributed by atoms with Crippen LogP contribution < -0.4 is 0 Å². The number of hydrogen-bond donors (Lipinski definition) is 1. The molecule has 0 saturated carbocycles. The molecule has 0 spiro atoms. The van der Waals surface area contributed by atoms with Gasteiger partial charge in [0.1, 0.15) is 0 Å². The van der Waals surface area contributed by atoms with E-state index in [-0.39, 0.29) is 5.69 Å². The minimum absolute atomic E-state index is 0.147. The minimum atomic E-state index is -0.973. The van der Waals surface area contributed by atoms with Crippen molar-refractivity contribution in [1.82, 2.24) is 4.98 Å². The van der Waals surface area contributed by atoms with E-state index < -0.39 is 5.97 Å². The fraction of sp³-hybridized carbons (Fsp3) is 0.143. The van der Waals surface area contributed by atoms with Crippen LogP contribution in [0, 0.1) is 0 Å². The molecule has 3 nitrogen and oxygen atoms in total. The second-order valence-corrected chi connectivity index (χ2v) is 3.71. The van der Waals surface area contributed by atoms with Gasteiger partial charge in [0.05, 0.1) is 0 Å². The lowest BCUT2D eigenvalue weighted by Gasteiger charge is -2.10. The molecule has 17 heavy (non-hydrogen) atoms. The van der Waals surface area contributed by atoms with Gasteiger partial charge in [-0.15, -0.1) is 0 Å². The summed E-state index contributed by atoms with van der Waals surface area (Å²) in [6, 6.07) is 11.6. The fourth-order valence-corrected chi connectivity index (χ4v) is 1.92. The van der Waals surface area contributed by atoms with E-state index in [9.17, 15) is 4.79 Å². The SMILES string of the molecule is CCc1c(-c2ccccc2)ccnc1C(=O)O. The van der Waals surface area contributed by atoms with Gasteiger partial charge in [-0.1, -0.05) is 37.3 Å². The molecule has 1 aromatic heterocycles. The largest absolute Gasteiger partial charge is 0.477 e. The van der Waals surface area contributed by atoms with Crippen LogP contribution in [0.15, 0.2) is 42.6 Å². The van der Waals surface area contributed by atoms with Crippen LogP contribution in [-0.2, 0) is 6.42 Å². The summed E-state index contributed by atoms with van der Waals surface area (Å²) in [7, 11) is 0. The summed E-state index contributed by atoms with van der Waals surface area (Å²) < 4.78 is 0. The molecule has 2 rings (SSSR count). The molecule has 1 N–H and O–H groups in total. The van der Waals surface area contributed by atoms with Crippen LogP contribution in [0.5, 0.6) is 0 Å². The van der Waals surface area contributed by atoms with Gasteiger partial charge in [0.15, 0.2) is 5.69 Å². The molecule has 1 aromatic carbocycles. The van der Waals surface area contributed by atoms with Gasteiger partial charge in [-0.3, -0.25) is 0 Å². The van der Waals surface area contributed by atoms with Crippen LogP contribution in [0.25, 0.3) is 11.1 Å². The fourth-order valence-electron chi connectivity index (χ4n) is 1.92. The van der Waals surface area contributed by atoms with Crippen LogP contribution >= 0.6 is 0 Å². The molecule has 0 saturated heterocycles. The molecule has 0 aliphatic heterocycles. The van der Waals surface area contributed by atoms with Gasteiger partial charge >= 0.3 is 5.97 Å². The molecule has 3 heteroatoms. The average Bonchev–Trinajstić information content (AvgIpc) is 2.38. The van der Waals surface area contributed by atoms with Gasteiger partial charge < -0.3 is 5.11 Å². The third-order valence-corrected chi connectivity index (χ3v) is 2.70. The normalized spacial score (nSPS) is 10.2. The zero-order chi connectivity index (χ0) is 12.3. The first-order valence-electron chi connectivity index (χ1n) is 5.50. The molecule has 0 unspecified atom stereocenters. The monoisotopic (exact) mass is 227 g/mol. The van der Waals surface area contributed by atoms with E-state index >= 15 is 0 Å². The Labute approximate surface area is 99.8 Å². The lowest BCUT2D eigenvalue weighted by molar-refractivity contribution is 0.0689. The zero-order valence-electron chi connectivity index (χ0n) is 9.55. The van der Waals surface area contributed by atoms with Crippen molar-refractivity contribution >= 4 is 5.97 Å². The second kappa shape index (κ2) is 4.78. The van der Waals surface area contributed by atoms with E-state index in [1.165, 1.54) is 0 Å². The number of benzene rings is 1. The third-order valence-electron chi connectivity index (χ3n) is 2.70. The maximum atomic E-state index is 11.1. The Balaban J connectivity index is 2.63. The van der Waals surface area contributed by atoms with Crippen LogP contribution in [0.2, 0.25) is 0 Å². The molecular formula is C14H13NO2. The highest BCUT2D eigenvalue weighted by atomic mass is 16.4. The molecule has 0 atom stereocenters. The van der Waals surface area contributed by atoms with E-state index in [0.29, 0.717) is 6.42 Å². The molecular weight excluding hydrogens is 214 g/mol. The Morgan fingerprint density at radius 2 is 1.94 bits per heavy atom. The molecule has 0 amide bonds. The van der Waals surface area contributed by atoms with Gasteiger partial charge in [-0.25, -0.2) is 9.78 Å². The third kappa shape index (κ3) is 2.18. The van der Waals surface area contributed by atoms with Crippen molar-refractivity contribution < 1.29 is 9.90 Å². The Bertz CT molecular complexity index is 535. The molecule has 0 aliphatic rings. The predicted molar refractivity (Wildman–Crippen MR) is 66.0 cm³/mol. The summed E-state index contributed by atoms with van der Waals surface area (Å²) in [4.78, 5) is 15.0. The topological polar surface area (TPSA) is 50.2 Å². The Hall–Kier alpha value is -2.16. The summed E-state index contributed by atoms with van der Waals surface area (Å²) in [5.74, 6) is -0.973. The Kier molecular flexibility index (Phi) is 3.19. The van der Waals surface area contributed by atoms with E-state index in [1.54, 1.807) is 6.20 Å². The van der Waals surface area contributed by atoms with Crippen molar-refractivity contribution in [3.05, 3.63) is 53.9 Å². The maximum absolute atomic E-state index is 11.1. The first kappa shape index (κ1) is 11.3. The molecule has 2 aromatic rings. The van der Waals surface area contributed by atoms with Crippen molar-refractivity contribution in [3.8, 4) is 11.1 Å². The highest BCUT2D eigenvalue weighted by molar-refractivity contribution is 5.89. The summed E-state index contributed by atoms with van der Waals surface area (Å²) >= 11 is 0. The van der Waals surface area contributed by atoms with Gasteiger partial charge in [-0.2, -0.15) is 0 Å². The summed E-state index contributed by atoms with van der Waals surface area (Å²) in [5.41, 5.74) is 2.90. The highest BCUT2D eigenvalue weighted by Gasteiger charge is 2.14. The van der Waals surface area contributed by atoms with Crippen LogP contribution in [0.4, 0.5) is 0 Å². The average molecular weight is 227 g/mol. The summed E-state index contributed by atoms with van der Waals surface area (Å²) in [5, 5.41) is 9.11. The quantitative estimate of drug-likeness (QED) is 0.876. The molecule has 0 fully saturated rings. The molecule has 0 radical (unpaired) electrons. The first-order valence-corrected chi connectivity index (χ1v) is 5.50. The number of pyridine rings is 1. The summed E-state index contributed by atoms with van der Waals surface area (Å²) in [6.07, 6.45) is 2.20. The van der Waals surface area contributed by atoms with Gasteiger partial charge in [0.25, 0.3) is 0 Å². The standard InChI is InChI=1S/C14H13NO2/c1-2-11-12(10-6-4-3-5-7-10)8-9-15-13(11)14(16)17/h3-9H,2H2,1H3,(H,16,17). The van der Waals surface area contributed by atoms with Crippen molar-refractivity contribution in [2.45, 2.75) is 13.3 Å². The first-order chi connectivity index (χ1) is 8.24. The molecule has 1 heterocycles. The smallest absolute Gasteiger partial charge is 0.354 e. The number of rotatable bonds is 3. The van der Waals surface area contributed by atoms with Crippen LogP contribution in [0.1, 0.15) is 23.0 Å². The Morgan fingerprint density at radius 3 is 2.53 bits per heavy atom. The lowest BCUT2D eigenvalue weighted by atomic mass is 9.97. The number of carboxylic acid groups (broad SMARTS) is 1. The minimum Gasteiger partial charge on any atom is -0.477 e. The van der Waals surface area contributed by atoms with E-state index in [4.69, 9.17) is 5.11 Å². The number of aromatic nitrogens is 1. The number of nitrogens with zero attached hydrogens (tertiary/aromatic N) is 1. The van der Waals surface area contributed by atoms with Crippen LogP contribution in [0.3, 0.4) is 0 Å². The van der Waals surface area contributed by atoms with Gasteiger partial charge in [0, 0.05) is 6.20 Å². The number of carboxylic acids is 1. The van der Waals surface area contributed by atoms with Crippen molar-refractivity contribution in [2.75, 3.05) is 0 Å². The highest BCUT2D eigenvalue weighted by Crippen LogP contribution is 2.25. The van der Waals surface area contributed by atoms with Crippen molar-refractivity contribution in [3.63, 3.8) is 0 Å². The number of carbonyl (C=O) groups is 1. The zero-order valence-corrected chi connectivity index (χ0v) is 9.55. The maximum Gasteiger partial charge on any atom is 0.354 e. The van der Waals surface area contributed by atoms with Crippen molar-refractivity contribution in [1.29, 1.82) is 0 Å². The van der Waals surface area contributed by atoms with Crippen LogP contribution in [-0.4, -0.2) is 16.1 Å².